The predicted octanol–water partition coefficient (Wildman–Crippen LogP) is 9.73. The van der Waals surface area contributed by atoms with Crippen molar-refractivity contribution in [2.45, 2.75) is 193 Å². The average molecular weight is 734 g/mol. The number of rotatable bonds is 37. The van der Waals surface area contributed by atoms with Crippen LogP contribution in [0.2, 0.25) is 0 Å². The van der Waals surface area contributed by atoms with Crippen LogP contribution in [0, 0.1) is 0 Å². The number of carboxylic acid groups (broad SMARTS) is 1. The van der Waals surface area contributed by atoms with E-state index in [1.165, 1.54) is 83.5 Å². The molecule has 0 aliphatic rings. The average Bonchev–Trinajstić information content (AvgIpc) is 3.09. The lowest BCUT2D eigenvalue weighted by atomic mass is 10.0. The van der Waals surface area contributed by atoms with E-state index in [0.29, 0.717) is 12.8 Å². The number of phosphoric acid groups is 1. The maximum Gasteiger partial charge on any atom is 0.472 e. The van der Waals surface area contributed by atoms with E-state index in [4.69, 9.17) is 24.8 Å². The van der Waals surface area contributed by atoms with E-state index in [0.717, 1.165) is 57.8 Å². The van der Waals surface area contributed by atoms with E-state index in [1.807, 2.05) is 0 Å². The summed E-state index contributed by atoms with van der Waals surface area (Å²) >= 11 is 0. The fraction of sp³-hybridized carbons (Fsp3) is 0.868. The molecular weight excluding hydrogens is 661 g/mol. The zero-order chi connectivity index (χ0) is 37.1. The topological polar surface area (TPSA) is 172 Å². The highest BCUT2D eigenvalue weighted by molar-refractivity contribution is 7.47. The maximum atomic E-state index is 12.6. The van der Waals surface area contributed by atoms with Gasteiger partial charge in [-0.3, -0.25) is 23.4 Å². The number of allylic oxidation sites excluding steroid dienone is 2. The number of carbonyl (C=O) groups excluding carboxylic acids is 2. The fourth-order valence-corrected chi connectivity index (χ4v) is 6.13. The van der Waals surface area contributed by atoms with Crippen LogP contribution in [0.5, 0.6) is 0 Å². The first-order chi connectivity index (χ1) is 24.1. The molecule has 0 amide bonds. The van der Waals surface area contributed by atoms with Gasteiger partial charge in [-0.15, -0.1) is 0 Å². The van der Waals surface area contributed by atoms with E-state index in [-0.39, 0.29) is 19.4 Å². The number of esters is 2. The Hall–Kier alpha value is -1.78. The Morgan fingerprint density at radius 2 is 1.00 bits per heavy atom. The molecule has 3 unspecified atom stereocenters. The number of unbranched alkanes of at least 4 members (excludes halogenated alkanes) is 21. The normalized spacial score (nSPS) is 14.0. The van der Waals surface area contributed by atoms with Gasteiger partial charge >= 0.3 is 25.7 Å². The van der Waals surface area contributed by atoms with Crippen molar-refractivity contribution in [1.82, 2.24) is 0 Å². The van der Waals surface area contributed by atoms with Gasteiger partial charge in [0.2, 0.25) is 0 Å². The lowest BCUT2D eigenvalue weighted by Crippen LogP contribution is -2.34. The molecule has 0 aliphatic carbocycles. The summed E-state index contributed by atoms with van der Waals surface area (Å²) in [4.78, 5) is 45.7. The van der Waals surface area contributed by atoms with Crippen molar-refractivity contribution in [3.63, 3.8) is 0 Å². The molecule has 3 atom stereocenters. The third-order valence-electron chi connectivity index (χ3n) is 8.51. The van der Waals surface area contributed by atoms with E-state index in [2.05, 4.69) is 30.5 Å². The summed E-state index contributed by atoms with van der Waals surface area (Å²) in [5, 5.41) is 8.86. The van der Waals surface area contributed by atoms with Crippen molar-refractivity contribution >= 4 is 25.7 Å². The lowest BCUT2D eigenvalue weighted by Gasteiger charge is -2.20. The Morgan fingerprint density at radius 1 is 0.600 bits per heavy atom. The van der Waals surface area contributed by atoms with Crippen LogP contribution in [-0.4, -0.2) is 59.9 Å². The molecule has 0 rings (SSSR count). The van der Waals surface area contributed by atoms with Crippen LogP contribution >= 0.6 is 7.82 Å². The molecule has 0 heterocycles. The van der Waals surface area contributed by atoms with Crippen molar-refractivity contribution in [3.8, 4) is 0 Å². The molecule has 0 aromatic rings. The van der Waals surface area contributed by atoms with E-state index in [9.17, 15) is 23.8 Å². The Bertz CT molecular complexity index is 916. The van der Waals surface area contributed by atoms with Gasteiger partial charge < -0.3 is 25.2 Å². The van der Waals surface area contributed by atoms with Gasteiger partial charge in [-0.25, -0.2) is 4.57 Å². The Balaban J connectivity index is 4.42. The third-order valence-corrected chi connectivity index (χ3v) is 9.46. The van der Waals surface area contributed by atoms with Crippen LogP contribution in [0.25, 0.3) is 0 Å². The van der Waals surface area contributed by atoms with E-state index in [1.54, 1.807) is 0 Å². The van der Waals surface area contributed by atoms with Crippen LogP contribution in [0.4, 0.5) is 0 Å². The number of carboxylic acids is 1. The number of phosphoric ester groups is 1. The summed E-state index contributed by atoms with van der Waals surface area (Å²) in [6.07, 6.45) is 31.3. The second-order valence-electron chi connectivity index (χ2n) is 13.4. The number of ether oxygens (including phenoxy) is 2. The Morgan fingerprint density at radius 3 is 1.48 bits per heavy atom. The molecule has 12 heteroatoms. The molecular formula is C38H72NO10P. The van der Waals surface area contributed by atoms with E-state index >= 15 is 0 Å². The van der Waals surface area contributed by atoms with Crippen molar-refractivity contribution < 1.29 is 47.5 Å². The molecule has 0 aromatic carbocycles. The molecule has 0 aromatic heterocycles. The number of aliphatic carboxylic acids is 1. The number of hydrogen-bond donors (Lipinski definition) is 3. The van der Waals surface area contributed by atoms with Crippen molar-refractivity contribution in [3.05, 3.63) is 12.2 Å². The highest BCUT2D eigenvalue weighted by Crippen LogP contribution is 2.43. The second kappa shape index (κ2) is 34.3. The van der Waals surface area contributed by atoms with Gasteiger partial charge in [0.25, 0.3) is 0 Å². The standard InChI is InChI=1S/C38H72NO10P/c1-3-5-7-9-11-13-15-17-19-21-23-25-27-29-36(40)46-31-34(32-47-50(44,45)48-33-35(39)38(42)43)49-37(41)30-28-26-24-22-20-18-16-14-12-10-8-6-4-2/h14,16,34-35H,3-13,15,17-33,39H2,1-2H3,(H,42,43)(H,44,45). The molecule has 0 bridgehead atoms. The molecule has 0 spiro atoms. The van der Waals surface area contributed by atoms with Crippen LogP contribution in [0.3, 0.4) is 0 Å². The summed E-state index contributed by atoms with van der Waals surface area (Å²) in [5.74, 6) is -2.38. The maximum absolute atomic E-state index is 12.6. The molecule has 0 fully saturated rings. The quantitative estimate of drug-likeness (QED) is 0.0240. The first kappa shape index (κ1) is 48.2. The Kier molecular flexibility index (Phi) is 33.1. The smallest absolute Gasteiger partial charge is 0.472 e. The van der Waals surface area contributed by atoms with E-state index < -0.39 is 51.1 Å². The van der Waals surface area contributed by atoms with Crippen molar-refractivity contribution in [2.24, 2.45) is 5.73 Å². The van der Waals surface area contributed by atoms with Gasteiger partial charge in [-0.05, 0) is 38.5 Å². The van der Waals surface area contributed by atoms with Gasteiger partial charge in [0, 0.05) is 12.8 Å². The summed E-state index contributed by atoms with van der Waals surface area (Å²) in [6, 6.07) is -1.52. The zero-order valence-corrected chi connectivity index (χ0v) is 32.4. The minimum Gasteiger partial charge on any atom is -0.480 e. The summed E-state index contributed by atoms with van der Waals surface area (Å²) in [6.45, 7) is 2.77. The van der Waals surface area contributed by atoms with Crippen molar-refractivity contribution in [1.29, 1.82) is 0 Å². The van der Waals surface area contributed by atoms with Crippen LogP contribution < -0.4 is 5.73 Å². The molecule has 0 radical (unpaired) electrons. The minimum atomic E-state index is -4.71. The highest BCUT2D eigenvalue weighted by atomic mass is 31.2. The van der Waals surface area contributed by atoms with Gasteiger partial charge in [0.15, 0.2) is 6.10 Å². The highest BCUT2D eigenvalue weighted by Gasteiger charge is 2.28. The molecule has 294 valence electrons. The monoisotopic (exact) mass is 733 g/mol. The fourth-order valence-electron chi connectivity index (χ4n) is 5.35. The lowest BCUT2D eigenvalue weighted by molar-refractivity contribution is -0.161. The van der Waals surface area contributed by atoms with Gasteiger partial charge in [-0.1, -0.05) is 142 Å². The molecule has 0 saturated heterocycles. The SMILES string of the molecule is CCCCCCC=CCCCCCCCC(=O)OC(COC(=O)CCCCCCCCCCCCCCC)COP(=O)(O)OCC(N)C(=O)O. The molecule has 11 nitrogen and oxygen atoms in total. The second-order valence-corrected chi connectivity index (χ2v) is 14.9. The third kappa shape index (κ3) is 33.4. The predicted molar refractivity (Wildman–Crippen MR) is 199 cm³/mol. The zero-order valence-electron chi connectivity index (χ0n) is 31.5. The number of nitrogens with two attached hydrogens (primary N) is 1. The number of hydrogen-bond acceptors (Lipinski definition) is 9. The summed E-state index contributed by atoms with van der Waals surface area (Å²) in [5.41, 5.74) is 5.32. The van der Waals surface area contributed by atoms with Crippen LogP contribution in [-0.2, 0) is 37.5 Å². The summed E-state index contributed by atoms with van der Waals surface area (Å²) in [7, 11) is -4.71. The molecule has 4 N–H and O–H groups in total. The van der Waals surface area contributed by atoms with Crippen molar-refractivity contribution in [2.75, 3.05) is 19.8 Å². The van der Waals surface area contributed by atoms with Gasteiger partial charge in [-0.2, -0.15) is 0 Å². The molecule has 0 saturated carbocycles. The molecule has 0 aliphatic heterocycles. The summed E-state index contributed by atoms with van der Waals surface area (Å²) < 4.78 is 32.6. The van der Waals surface area contributed by atoms with Gasteiger partial charge in [0.05, 0.1) is 13.2 Å². The largest absolute Gasteiger partial charge is 0.480 e. The number of carbonyl (C=O) groups is 3. The first-order valence-electron chi connectivity index (χ1n) is 19.7. The minimum absolute atomic E-state index is 0.155. The van der Waals surface area contributed by atoms with Gasteiger partial charge in [0.1, 0.15) is 12.6 Å². The Labute approximate surface area is 303 Å². The van der Waals surface area contributed by atoms with Crippen LogP contribution in [0.15, 0.2) is 12.2 Å². The molecule has 50 heavy (non-hydrogen) atoms. The van der Waals surface area contributed by atoms with Crippen LogP contribution in [0.1, 0.15) is 181 Å². The first-order valence-corrected chi connectivity index (χ1v) is 21.2.